The minimum atomic E-state index is -0.750. The van der Waals surface area contributed by atoms with Crippen molar-refractivity contribution in [2.24, 2.45) is 11.8 Å². The number of urea groups is 1. The first-order valence-corrected chi connectivity index (χ1v) is 6.75. The van der Waals surface area contributed by atoms with E-state index in [1.54, 1.807) is 0 Å². The molecule has 2 amide bonds. The number of nitrogens with one attached hydrogen (secondary N) is 2. The molecule has 0 bridgehead atoms. The monoisotopic (exact) mass is 256 g/mol. The summed E-state index contributed by atoms with van der Waals surface area (Å²) in [5, 5.41) is 14.4. The van der Waals surface area contributed by atoms with Gasteiger partial charge in [0, 0.05) is 19.0 Å². The molecule has 0 aromatic carbocycles. The molecule has 0 heterocycles. The van der Waals surface area contributed by atoms with Crippen molar-refractivity contribution in [2.75, 3.05) is 6.54 Å². The van der Waals surface area contributed by atoms with Crippen molar-refractivity contribution in [1.29, 1.82) is 0 Å². The van der Waals surface area contributed by atoms with E-state index in [4.69, 9.17) is 5.11 Å². The van der Waals surface area contributed by atoms with Crippen molar-refractivity contribution < 1.29 is 14.7 Å². The zero-order chi connectivity index (χ0) is 13.5. The standard InChI is InChI=1S/C13H24N2O3/c1-9(2)10(3-6-12(16)17)7-8-14-13(18)15-11-4-5-11/h9-11H,3-8H2,1-2H3,(H,16,17)(H2,14,15,18). The lowest BCUT2D eigenvalue weighted by Crippen LogP contribution is -2.38. The maximum atomic E-state index is 11.4. The van der Waals surface area contributed by atoms with Gasteiger partial charge in [-0.05, 0) is 37.5 Å². The van der Waals surface area contributed by atoms with Crippen molar-refractivity contribution in [3.63, 3.8) is 0 Å². The first kappa shape index (κ1) is 14.8. The lowest BCUT2D eigenvalue weighted by atomic mass is 9.88. The smallest absolute Gasteiger partial charge is 0.315 e. The Balaban J connectivity index is 2.15. The molecule has 1 rings (SSSR count). The highest BCUT2D eigenvalue weighted by molar-refractivity contribution is 5.74. The molecule has 18 heavy (non-hydrogen) atoms. The number of hydrogen-bond acceptors (Lipinski definition) is 2. The zero-order valence-electron chi connectivity index (χ0n) is 11.2. The predicted octanol–water partition coefficient (Wildman–Crippen LogP) is 1.98. The number of carbonyl (C=O) groups is 2. The number of rotatable bonds is 8. The summed E-state index contributed by atoms with van der Waals surface area (Å²) in [6.07, 6.45) is 3.89. The summed E-state index contributed by atoms with van der Waals surface area (Å²) in [6.45, 7) is 4.80. The van der Waals surface area contributed by atoms with Crippen LogP contribution in [-0.4, -0.2) is 29.7 Å². The van der Waals surface area contributed by atoms with Crippen LogP contribution in [0.2, 0.25) is 0 Å². The van der Waals surface area contributed by atoms with Crippen LogP contribution in [0, 0.1) is 11.8 Å². The van der Waals surface area contributed by atoms with Crippen LogP contribution in [0.5, 0.6) is 0 Å². The molecule has 1 saturated carbocycles. The van der Waals surface area contributed by atoms with Gasteiger partial charge in [-0.1, -0.05) is 13.8 Å². The van der Waals surface area contributed by atoms with Gasteiger partial charge in [-0.15, -0.1) is 0 Å². The van der Waals surface area contributed by atoms with Crippen LogP contribution >= 0.6 is 0 Å². The van der Waals surface area contributed by atoms with Gasteiger partial charge >= 0.3 is 12.0 Å². The lowest BCUT2D eigenvalue weighted by Gasteiger charge is -2.20. The molecule has 0 aromatic heterocycles. The molecular formula is C13H24N2O3. The SMILES string of the molecule is CC(C)C(CCNC(=O)NC1CC1)CCC(=O)O. The summed E-state index contributed by atoms with van der Waals surface area (Å²) in [5.41, 5.74) is 0. The minimum absolute atomic E-state index is 0.0989. The third-order valence-corrected chi connectivity index (χ3v) is 3.39. The van der Waals surface area contributed by atoms with E-state index in [0.717, 1.165) is 19.3 Å². The van der Waals surface area contributed by atoms with Crippen molar-refractivity contribution in [3.8, 4) is 0 Å². The van der Waals surface area contributed by atoms with Crippen molar-refractivity contribution in [2.45, 2.75) is 52.0 Å². The maximum absolute atomic E-state index is 11.4. The molecule has 1 aliphatic rings. The summed E-state index contributed by atoms with van der Waals surface area (Å²) >= 11 is 0. The Morgan fingerprint density at radius 2 is 1.94 bits per heavy atom. The van der Waals surface area contributed by atoms with Crippen LogP contribution in [0.15, 0.2) is 0 Å². The van der Waals surface area contributed by atoms with Crippen LogP contribution in [0.3, 0.4) is 0 Å². The number of hydrogen-bond donors (Lipinski definition) is 3. The Kier molecular flexibility index (Phi) is 5.95. The fourth-order valence-corrected chi connectivity index (χ4v) is 1.96. The molecule has 3 N–H and O–H groups in total. The molecule has 0 spiro atoms. The van der Waals surface area contributed by atoms with E-state index in [1.165, 1.54) is 0 Å². The highest BCUT2D eigenvalue weighted by atomic mass is 16.4. The van der Waals surface area contributed by atoms with Gasteiger partial charge in [0.1, 0.15) is 0 Å². The molecule has 104 valence electrons. The van der Waals surface area contributed by atoms with Crippen LogP contribution in [-0.2, 0) is 4.79 Å². The second-order valence-corrected chi connectivity index (χ2v) is 5.40. The molecule has 1 fully saturated rings. The number of carboxylic acid groups (broad SMARTS) is 1. The van der Waals surface area contributed by atoms with Crippen molar-refractivity contribution in [3.05, 3.63) is 0 Å². The fraction of sp³-hybridized carbons (Fsp3) is 0.846. The summed E-state index contributed by atoms with van der Waals surface area (Å²) < 4.78 is 0. The lowest BCUT2D eigenvalue weighted by molar-refractivity contribution is -0.137. The largest absolute Gasteiger partial charge is 0.481 e. The van der Waals surface area contributed by atoms with Crippen molar-refractivity contribution >= 4 is 12.0 Å². The topological polar surface area (TPSA) is 78.4 Å². The Morgan fingerprint density at radius 3 is 2.44 bits per heavy atom. The minimum Gasteiger partial charge on any atom is -0.481 e. The molecule has 0 aliphatic heterocycles. The number of carboxylic acids is 1. The molecule has 1 aliphatic carbocycles. The average Bonchev–Trinajstić information content (AvgIpc) is 3.05. The number of carbonyl (C=O) groups excluding carboxylic acids is 1. The van der Waals surface area contributed by atoms with Crippen molar-refractivity contribution in [1.82, 2.24) is 10.6 Å². The number of amides is 2. The predicted molar refractivity (Wildman–Crippen MR) is 69.4 cm³/mol. The second kappa shape index (κ2) is 7.24. The normalized spacial score (nSPS) is 16.4. The van der Waals surface area contributed by atoms with E-state index in [9.17, 15) is 9.59 Å². The zero-order valence-corrected chi connectivity index (χ0v) is 11.2. The Hall–Kier alpha value is -1.26. The van der Waals surface area contributed by atoms with Gasteiger partial charge in [-0.3, -0.25) is 4.79 Å². The van der Waals surface area contributed by atoms with Gasteiger partial charge in [0.05, 0.1) is 0 Å². The van der Waals surface area contributed by atoms with E-state index >= 15 is 0 Å². The van der Waals surface area contributed by atoms with Crippen LogP contribution in [0.1, 0.15) is 46.0 Å². The van der Waals surface area contributed by atoms with Gasteiger partial charge in [-0.25, -0.2) is 4.79 Å². The Labute approximate surface area is 108 Å². The second-order valence-electron chi connectivity index (χ2n) is 5.40. The molecule has 1 unspecified atom stereocenters. The third kappa shape index (κ3) is 6.47. The van der Waals surface area contributed by atoms with E-state index < -0.39 is 5.97 Å². The summed E-state index contributed by atoms with van der Waals surface area (Å²) in [5.74, 6) is 0.0417. The molecule has 1 atom stereocenters. The van der Waals surface area contributed by atoms with E-state index in [0.29, 0.717) is 30.8 Å². The first-order chi connectivity index (χ1) is 8.49. The molecular weight excluding hydrogens is 232 g/mol. The van der Waals surface area contributed by atoms with Gasteiger partial charge in [0.25, 0.3) is 0 Å². The quantitative estimate of drug-likeness (QED) is 0.621. The van der Waals surface area contributed by atoms with Gasteiger partial charge in [-0.2, -0.15) is 0 Å². The van der Waals surface area contributed by atoms with Gasteiger partial charge < -0.3 is 15.7 Å². The molecule has 5 heteroatoms. The van der Waals surface area contributed by atoms with E-state index in [1.807, 2.05) is 0 Å². The molecule has 0 saturated heterocycles. The van der Waals surface area contributed by atoms with Crippen LogP contribution in [0.25, 0.3) is 0 Å². The first-order valence-electron chi connectivity index (χ1n) is 6.75. The van der Waals surface area contributed by atoms with E-state index in [-0.39, 0.29) is 12.5 Å². The maximum Gasteiger partial charge on any atom is 0.315 e. The average molecular weight is 256 g/mol. The van der Waals surface area contributed by atoms with Gasteiger partial charge in [0.15, 0.2) is 0 Å². The Morgan fingerprint density at radius 1 is 1.28 bits per heavy atom. The van der Waals surface area contributed by atoms with Gasteiger partial charge in [0.2, 0.25) is 0 Å². The fourth-order valence-electron chi connectivity index (χ4n) is 1.96. The van der Waals surface area contributed by atoms with Crippen LogP contribution in [0.4, 0.5) is 4.79 Å². The van der Waals surface area contributed by atoms with Crippen LogP contribution < -0.4 is 10.6 Å². The molecule has 0 aromatic rings. The number of aliphatic carboxylic acids is 1. The summed E-state index contributed by atoms with van der Waals surface area (Å²) in [6, 6.07) is 0.274. The highest BCUT2D eigenvalue weighted by Gasteiger charge is 2.23. The molecule has 0 radical (unpaired) electrons. The highest BCUT2D eigenvalue weighted by Crippen LogP contribution is 2.21. The van der Waals surface area contributed by atoms with E-state index in [2.05, 4.69) is 24.5 Å². The summed E-state index contributed by atoms with van der Waals surface area (Å²) in [4.78, 5) is 22.0. The summed E-state index contributed by atoms with van der Waals surface area (Å²) in [7, 11) is 0. The third-order valence-electron chi connectivity index (χ3n) is 3.39. The molecule has 5 nitrogen and oxygen atoms in total. The Bertz CT molecular complexity index is 288.